The van der Waals surface area contributed by atoms with Crippen LogP contribution in [0.2, 0.25) is 0 Å². The van der Waals surface area contributed by atoms with E-state index in [-0.39, 0.29) is 95.9 Å². The van der Waals surface area contributed by atoms with Crippen LogP contribution >= 0.6 is 0 Å². The van der Waals surface area contributed by atoms with Crippen LogP contribution in [-0.2, 0) is 28.8 Å². The molecule has 11 rings (SSSR count). The molecule has 71 heavy (non-hydrogen) atoms. The van der Waals surface area contributed by atoms with Crippen LogP contribution in [0, 0.1) is 51.2 Å². The van der Waals surface area contributed by atoms with Gasteiger partial charge in [-0.1, -0.05) is 12.1 Å². The molecule has 1 saturated carbocycles. The normalized spacial score (nSPS) is 33.5. The third-order valence-corrected chi connectivity index (χ3v) is 16.8. The second-order valence-corrected chi connectivity index (χ2v) is 21.0. The molecule has 6 N–H and O–H groups in total. The van der Waals surface area contributed by atoms with Crippen LogP contribution in [0.15, 0.2) is 24.3 Å². The summed E-state index contributed by atoms with van der Waals surface area (Å²) in [5, 5.41) is 36.8. The second kappa shape index (κ2) is 20.1. The van der Waals surface area contributed by atoms with Gasteiger partial charge in [0.05, 0.1) is 71.8 Å². The van der Waals surface area contributed by atoms with Gasteiger partial charge in [0.15, 0.2) is 0 Å². The molecule has 6 amide bonds. The Hall–Kier alpha value is -6.24. The molecule has 9 heterocycles. The molecular weight excluding hydrogens is 909 g/mol. The first-order chi connectivity index (χ1) is 34.1. The van der Waals surface area contributed by atoms with Crippen molar-refractivity contribution in [2.24, 2.45) is 23.1 Å². The number of carbonyl (C=O) groups is 6. The fourth-order valence-electron chi connectivity index (χ4n) is 12.9. The summed E-state index contributed by atoms with van der Waals surface area (Å²) < 4.78 is 0. The Labute approximate surface area is 413 Å². The summed E-state index contributed by atoms with van der Waals surface area (Å²) in [6, 6.07) is 12.8. The van der Waals surface area contributed by atoms with E-state index in [4.69, 9.17) is 27.7 Å². The average Bonchev–Trinajstić information content (AvgIpc) is 4.21. The Kier molecular flexibility index (Phi) is 14.1. The molecule has 0 aromatic heterocycles. The van der Waals surface area contributed by atoms with Gasteiger partial charge in [-0.3, -0.25) is 43.5 Å². The molecule has 1 aromatic rings. The van der Waals surface area contributed by atoms with Crippen molar-refractivity contribution in [1.29, 1.82) is 21.0 Å². The highest BCUT2D eigenvalue weighted by Crippen LogP contribution is 2.48. The lowest BCUT2D eigenvalue weighted by Crippen LogP contribution is -2.57. The fraction of sp³-hybridized carbons (Fsp3) is 0.673. The molecule has 0 radical (unpaired) electrons. The Balaban J connectivity index is 0.000000135. The quantitative estimate of drug-likeness (QED) is 0.222. The standard InChI is InChI=1S/C21H22N6O2.2C14H21N5O2/c22-8-12-3-1-2-4-17(12)27-15-7-19(21(27)29)25(10-15)11-16(24)20(28)26-14(9-23)5-13-6-18(13)26;2*1-17-10-5-12(14(17)21)18(7-10)8-11(16)13(20)19-4-2-3-9(19)6-15/h1-4,13-16,18-19H,5-7,10-11,24H2;2*9-12H,2-5,7-8,16H2,1H3/t13-,14+,15?,16+,18+,19+;2*9-,10?,11-,12-/m100/s1. The molecular formula is C49H64N16O6. The molecule has 22 nitrogen and oxygen atoms in total. The van der Waals surface area contributed by atoms with E-state index in [0.717, 1.165) is 64.5 Å². The molecule has 14 atom stereocenters. The highest BCUT2D eigenvalue weighted by atomic mass is 16.2. The van der Waals surface area contributed by atoms with Gasteiger partial charge >= 0.3 is 0 Å². The van der Waals surface area contributed by atoms with Crippen LogP contribution in [0.1, 0.15) is 63.4 Å². The van der Waals surface area contributed by atoms with E-state index in [1.54, 1.807) is 47.6 Å². The van der Waals surface area contributed by atoms with Gasteiger partial charge in [0, 0.05) is 84.6 Å². The molecule has 3 unspecified atom stereocenters. The zero-order valence-electron chi connectivity index (χ0n) is 40.4. The largest absolute Gasteiger partial charge is 0.340 e. The zero-order chi connectivity index (χ0) is 50.6. The van der Waals surface area contributed by atoms with E-state index in [1.165, 1.54) is 0 Å². The summed E-state index contributed by atoms with van der Waals surface area (Å²) in [6.45, 7) is 4.53. The second-order valence-electron chi connectivity index (χ2n) is 21.0. The van der Waals surface area contributed by atoms with E-state index in [1.807, 2.05) is 34.9 Å². The number of piperazine rings is 3. The topological polar surface area (TPSA) is 305 Å². The number of anilines is 1. The number of amides is 6. The van der Waals surface area contributed by atoms with Crippen LogP contribution in [0.25, 0.3) is 0 Å². The number of nitrogens with zero attached hydrogens (tertiary/aromatic N) is 13. The lowest BCUT2D eigenvalue weighted by Gasteiger charge is -2.36. The number of carbonyl (C=O) groups excluding carboxylic acids is 6. The number of hydrogen-bond donors (Lipinski definition) is 3. The number of hydrogen-bond acceptors (Lipinski definition) is 16. The van der Waals surface area contributed by atoms with Crippen LogP contribution in [-0.4, -0.2) is 220 Å². The van der Waals surface area contributed by atoms with Crippen molar-refractivity contribution in [1.82, 2.24) is 39.2 Å². The smallest absolute Gasteiger partial charge is 0.244 e. The van der Waals surface area contributed by atoms with Gasteiger partial charge in [0.2, 0.25) is 35.4 Å². The van der Waals surface area contributed by atoms with E-state index in [9.17, 15) is 39.3 Å². The Morgan fingerprint density at radius 3 is 1.51 bits per heavy atom. The molecule has 1 aliphatic carbocycles. The lowest BCUT2D eigenvalue weighted by atomic mass is 10.1. The van der Waals surface area contributed by atoms with Gasteiger partial charge in [-0.15, -0.1) is 0 Å². The number of piperidine rings is 1. The summed E-state index contributed by atoms with van der Waals surface area (Å²) in [6.07, 6.45) is 7.23. The van der Waals surface area contributed by atoms with E-state index in [2.05, 4.69) is 24.3 Å². The Morgan fingerprint density at radius 2 is 1.06 bits per heavy atom. The number of nitriles is 4. The van der Waals surface area contributed by atoms with Crippen molar-refractivity contribution in [2.75, 3.05) is 71.4 Å². The molecule has 10 aliphatic rings. The molecule has 22 heteroatoms. The van der Waals surface area contributed by atoms with Gasteiger partial charge in [-0.2, -0.15) is 21.0 Å². The first-order valence-corrected chi connectivity index (χ1v) is 25.0. The first-order valence-electron chi connectivity index (χ1n) is 25.0. The predicted molar refractivity (Wildman–Crippen MR) is 253 cm³/mol. The first kappa shape index (κ1) is 49.7. The van der Waals surface area contributed by atoms with Crippen molar-refractivity contribution in [2.45, 2.75) is 136 Å². The number of rotatable bonds is 10. The summed E-state index contributed by atoms with van der Waals surface area (Å²) in [5.41, 5.74) is 19.5. The minimum absolute atomic E-state index is 0.0178. The number of likely N-dealkylation sites (N-methyl/N-ethyl adjacent to an activating group) is 2. The lowest BCUT2D eigenvalue weighted by molar-refractivity contribution is -0.138. The summed E-state index contributed by atoms with van der Waals surface area (Å²) in [5.74, 6) is 0.161. The minimum atomic E-state index is -0.739. The van der Waals surface area contributed by atoms with Crippen LogP contribution < -0.4 is 22.1 Å². The maximum Gasteiger partial charge on any atom is 0.244 e. The highest BCUT2D eigenvalue weighted by molar-refractivity contribution is 6.02. The number of para-hydroxylation sites is 1. The minimum Gasteiger partial charge on any atom is -0.340 e. The van der Waals surface area contributed by atoms with Crippen LogP contribution in [0.3, 0.4) is 0 Å². The number of benzene rings is 1. The summed E-state index contributed by atoms with van der Waals surface area (Å²) in [7, 11) is 3.66. The van der Waals surface area contributed by atoms with Crippen molar-refractivity contribution in [3.63, 3.8) is 0 Å². The molecule has 6 bridgehead atoms. The van der Waals surface area contributed by atoms with Crippen molar-refractivity contribution < 1.29 is 28.8 Å². The Bertz CT molecular complexity index is 2390. The van der Waals surface area contributed by atoms with Crippen LogP contribution in [0.5, 0.6) is 0 Å². The number of nitrogens with two attached hydrogens (primary N) is 3. The van der Waals surface area contributed by atoms with Gasteiger partial charge in [0.25, 0.3) is 0 Å². The van der Waals surface area contributed by atoms with E-state index >= 15 is 0 Å². The zero-order valence-corrected chi connectivity index (χ0v) is 40.4. The maximum absolute atomic E-state index is 13.0. The van der Waals surface area contributed by atoms with E-state index in [0.29, 0.717) is 62.9 Å². The van der Waals surface area contributed by atoms with Gasteiger partial charge in [-0.25, -0.2) is 0 Å². The highest BCUT2D eigenvalue weighted by Gasteiger charge is 2.56. The molecule has 10 fully saturated rings. The maximum atomic E-state index is 13.0. The van der Waals surface area contributed by atoms with Crippen LogP contribution in [0.4, 0.5) is 5.69 Å². The molecule has 9 saturated heterocycles. The van der Waals surface area contributed by atoms with E-state index < -0.39 is 18.1 Å². The molecule has 0 spiro atoms. The fourth-order valence-corrected chi connectivity index (χ4v) is 12.9. The van der Waals surface area contributed by atoms with Crippen molar-refractivity contribution in [3.05, 3.63) is 29.8 Å². The molecule has 376 valence electrons. The van der Waals surface area contributed by atoms with Gasteiger partial charge in [0.1, 0.15) is 24.2 Å². The van der Waals surface area contributed by atoms with Gasteiger partial charge in [-0.05, 0) is 75.8 Å². The third-order valence-electron chi connectivity index (χ3n) is 16.8. The average molecular weight is 973 g/mol. The van der Waals surface area contributed by atoms with Gasteiger partial charge < -0.3 is 46.6 Å². The molecule has 1 aromatic carbocycles. The van der Waals surface area contributed by atoms with Crippen molar-refractivity contribution in [3.8, 4) is 24.3 Å². The summed E-state index contributed by atoms with van der Waals surface area (Å²) in [4.78, 5) is 90.8. The number of fused-ring (bicyclic) bond motifs is 7. The molecule has 9 aliphatic heterocycles. The monoisotopic (exact) mass is 973 g/mol. The number of likely N-dealkylation sites (tertiary alicyclic amines) is 8. The summed E-state index contributed by atoms with van der Waals surface area (Å²) >= 11 is 0. The van der Waals surface area contributed by atoms with Crippen molar-refractivity contribution >= 4 is 41.1 Å². The Morgan fingerprint density at radius 1 is 0.606 bits per heavy atom. The SMILES string of the molecule is CN1C(=O)[C@@H]2CC1CN2C[C@H](N)C(=O)N1CCC[C@H]1C#N.CN1C(=O)[C@@H]2CC1CN2C[C@H](N)C(=O)N1CCC[C@H]1C#N.N#Cc1ccccc1N1C(=O)[C@@H]2CC1CN2C[C@H](N)C(=O)N1[C@H](C#N)C[C@@H]2C[C@@H]21. The third kappa shape index (κ3) is 9.18. The predicted octanol–water partition coefficient (Wildman–Crippen LogP) is -2.33.